The van der Waals surface area contributed by atoms with E-state index in [1.807, 2.05) is 0 Å². The third kappa shape index (κ3) is 2.20. The first-order valence-corrected chi connectivity index (χ1v) is 3.37. The van der Waals surface area contributed by atoms with Crippen LogP contribution in [-0.4, -0.2) is 11.0 Å². The molecule has 0 amide bonds. The number of esters is 1. The number of pyridine rings is 1. The lowest BCUT2D eigenvalue weighted by atomic mass is 10.5. The SMILES string of the molecule is CC(=O)Oc1ncccc1Cl. The van der Waals surface area contributed by atoms with Gasteiger partial charge in [0, 0.05) is 13.1 Å². The van der Waals surface area contributed by atoms with Gasteiger partial charge < -0.3 is 4.74 Å². The third-order valence-electron chi connectivity index (χ3n) is 0.965. The predicted octanol–water partition coefficient (Wildman–Crippen LogP) is 1.66. The molecule has 58 valence electrons. The van der Waals surface area contributed by atoms with Gasteiger partial charge in [-0.25, -0.2) is 4.98 Å². The molecule has 0 saturated heterocycles. The Morgan fingerprint density at radius 2 is 2.45 bits per heavy atom. The molecule has 0 fully saturated rings. The molecule has 0 aliphatic heterocycles. The summed E-state index contributed by atoms with van der Waals surface area (Å²) >= 11 is 5.63. The molecule has 1 aromatic heterocycles. The fourth-order valence-corrected chi connectivity index (χ4v) is 0.743. The number of hydrogen-bond donors (Lipinski definition) is 0. The third-order valence-corrected chi connectivity index (χ3v) is 1.25. The number of carbonyl (C=O) groups is 1. The molecule has 0 aliphatic carbocycles. The van der Waals surface area contributed by atoms with Crippen LogP contribution >= 0.6 is 11.6 Å². The smallest absolute Gasteiger partial charge is 0.309 e. The van der Waals surface area contributed by atoms with Gasteiger partial charge in [0.1, 0.15) is 5.02 Å². The molecule has 1 heterocycles. The van der Waals surface area contributed by atoms with Gasteiger partial charge in [-0.2, -0.15) is 0 Å². The van der Waals surface area contributed by atoms with E-state index in [0.717, 1.165) is 0 Å². The van der Waals surface area contributed by atoms with Crippen LogP contribution < -0.4 is 4.74 Å². The maximum Gasteiger partial charge on any atom is 0.309 e. The zero-order chi connectivity index (χ0) is 8.27. The van der Waals surface area contributed by atoms with Crippen molar-refractivity contribution in [1.29, 1.82) is 0 Å². The molecule has 0 radical (unpaired) electrons. The van der Waals surface area contributed by atoms with E-state index in [4.69, 9.17) is 11.6 Å². The summed E-state index contributed by atoms with van der Waals surface area (Å²) in [6, 6.07) is 3.27. The average Bonchev–Trinajstić information content (AvgIpc) is 1.93. The second kappa shape index (κ2) is 3.34. The number of hydrogen-bond acceptors (Lipinski definition) is 3. The van der Waals surface area contributed by atoms with Crippen molar-refractivity contribution in [2.75, 3.05) is 0 Å². The monoisotopic (exact) mass is 171 g/mol. The minimum atomic E-state index is -0.425. The van der Waals surface area contributed by atoms with Crippen LogP contribution in [0.2, 0.25) is 5.02 Å². The summed E-state index contributed by atoms with van der Waals surface area (Å²) in [5.41, 5.74) is 0. The summed E-state index contributed by atoms with van der Waals surface area (Å²) in [6.07, 6.45) is 1.50. The summed E-state index contributed by atoms with van der Waals surface area (Å²) in [6.45, 7) is 1.30. The van der Waals surface area contributed by atoms with Gasteiger partial charge in [-0.15, -0.1) is 0 Å². The molecule has 0 atom stereocenters. The molecular formula is C7H6ClNO2. The van der Waals surface area contributed by atoms with Gasteiger partial charge in [0.2, 0.25) is 5.88 Å². The van der Waals surface area contributed by atoms with Gasteiger partial charge in [0.05, 0.1) is 0 Å². The van der Waals surface area contributed by atoms with Crippen LogP contribution in [0.1, 0.15) is 6.92 Å². The number of aromatic nitrogens is 1. The molecule has 0 bridgehead atoms. The van der Waals surface area contributed by atoms with E-state index in [1.54, 1.807) is 12.1 Å². The zero-order valence-corrected chi connectivity index (χ0v) is 6.63. The largest absolute Gasteiger partial charge is 0.406 e. The molecule has 0 N–H and O–H groups in total. The summed E-state index contributed by atoms with van der Waals surface area (Å²) in [4.78, 5) is 14.2. The Morgan fingerprint density at radius 1 is 1.73 bits per heavy atom. The van der Waals surface area contributed by atoms with Crippen LogP contribution in [0.5, 0.6) is 5.88 Å². The highest BCUT2D eigenvalue weighted by molar-refractivity contribution is 6.31. The van der Waals surface area contributed by atoms with E-state index in [9.17, 15) is 4.79 Å². The van der Waals surface area contributed by atoms with Gasteiger partial charge in [-0.3, -0.25) is 4.79 Å². The van der Waals surface area contributed by atoms with Gasteiger partial charge in [0.15, 0.2) is 0 Å². The fourth-order valence-electron chi connectivity index (χ4n) is 0.582. The molecule has 1 aromatic rings. The standard InChI is InChI=1S/C7H6ClNO2/c1-5(10)11-7-6(8)3-2-4-9-7/h2-4H,1H3. The van der Waals surface area contributed by atoms with Crippen molar-refractivity contribution in [2.45, 2.75) is 6.92 Å². The Balaban J connectivity index is 2.86. The molecule has 11 heavy (non-hydrogen) atoms. The van der Waals surface area contributed by atoms with E-state index in [2.05, 4.69) is 9.72 Å². The average molecular weight is 172 g/mol. The summed E-state index contributed by atoms with van der Waals surface area (Å²) in [5, 5.41) is 0.336. The number of rotatable bonds is 1. The Morgan fingerprint density at radius 3 is 3.00 bits per heavy atom. The zero-order valence-electron chi connectivity index (χ0n) is 5.87. The molecule has 1 rings (SSSR count). The number of nitrogens with zero attached hydrogens (tertiary/aromatic N) is 1. The highest BCUT2D eigenvalue weighted by Gasteiger charge is 2.02. The second-order valence-electron chi connectivity index (χ2n) is 1.88. The van der Waals surface area contributed by atoms with Crippen molar-refractivity contribution in [3.05, 3.63) is 23.4 Å². The number of ether oxygens (including phenoxy) is 1. The lowest BCUT2D eigenvalue weighted by Crippen LogP contribution is -2.02. The minimum Gasteiger partial charge on any atom is -0.406 e. The molecule has 0 unspecified atom stereocenters. The maximum absolute atomic E-state index is 10.4. The predicted molar refractivity (Wildman–Crippen MR) is 40.6 cm³/mol. The van der Waals surface area contributed by atoms with Crippen molar-refractivity contribution in [1.82, 2.24) is 4.98 Å². The summed E-state index contributed by atoms with van der Waals surface area (Å²) in [5.74, 6) is -0.271. The first kappa shape index (κ1) is 8.01. The number of carbonyl (C=O) groups excluding carboxylic acids is 1. The minimum absolute atomic E-state index is 0.154. The van der Waals surface area contributed by atoms with Crippen molar-refractivity contribution < 1.29 is 9.53 Å². The van der Waals surface area contributed by atoms with Crippen LogP contribution in [-0.2, 0) is 4.79 Å². The van der Waals surface area contributed by atoms with Crippen LogP contribution in [0.25, 0.3) is 0 Å². The lowest BCUT2D eigenvalue weighted by Gasteiger charge is -1.99. The van der Waals surface area contributed by atoms with Crippen molar-refractivity contribution >= 4 is 17.6 Å². The molecule has 0 aromatic carbocycles. The second-order valence-corrected chi connectivity index (χ2v) is 2.29. The topological polar surface area (TPSA) is 39.2 Å². The quantitative estimate of drug-likeness (QED) is 0.604. The van der Waals surface area contributed by atoms with E-state index in [1.165, 1.54) is 13.1 Å². The fraction of sp³-hybridized carbons (Fsp3) is 0.143. The van der Waals surface area contributed by atoms with E-state index >= 15 is 0 Å². The Labute approximate surface area is 69.0 Å². The van der Waals surface area contributed by atoms with E-state index in [-0.39, 0.29) is 5.88 Å². The van der Waals surface area contributed by atoms with Gasteiger partial charge in [-0.05, 0) is 12.1 Å². The maximum atomic E-state index is 10.4. The Kier molecular flexibility index (Phi) is 2.44. The van der Waals surface area contributed by atoms with Gasteiger partial charge >= 0.3 is 5.97 Å². The van der Waals surface area contributed by atoms with Crippen LogP contribution in [0.4, 0.5) is 0 Å². The van der Waals surface area contributed by atoms with Crippen LogP contribution in [0.15, 0.2) is 18.3 Å². The van der Waals surface area contributed by atoms with Crippen molar-refractivity contribution in [3.8, 4) is 5.88 Å². The summed E-state index contributed by atoms with van der Waals surface area (Å²) < 4.78 is 4.66. The van der Waals surface area contributed by atoms with Crippen molar-refractivity contribution in [2.24, 2.45) is 0 Å². The number of halogens is 1. The molecule has 4 heteroatoms. The van der Waals surface area contributed by atoms with Crippen LogP contribution in [0, 0.1) is 0 Å². The molecule has 0 spiro atoms. The van der Waals surface area contributed by atoms with E-state index < -0.39 is 5.97 Å². The molecule has 0 saturated carbocycles. The molecular weight excluding hydrogens is 166 g/mol. The van der Waals surface area contributed by atoms with Gasteiger partial charge in [0.25, 0.3) is 0 Å². The summed E-state index contributed by atoms with van der Waals surface area (Å²) in [7, 11) is 0. The first-order chi connectivity index (χ1) is 5.20. The first-order valence-electron chi connectivity index (χ1n) is 2.99. The highest BCUT2D eigenvalue weighted by atomic mass is 35.5. The normalized spacial score (nSPS) is 9.27. The molecule has 3 nitrogen and oxygen atoms in total. The Hall–Kier alpha value is -1.09. The lowest BCUT2D eigenvalue weighted by molar-refractivity contribution is -0.132. The van der Waals surface area contributed by atoms with Crippen molar-refractivity contribution in [3.63, 3.8) is 0 Å². The molecule has 0 aliphatic rings. The highest BCUT2D eigenvalue weighted by Crippen LogP contribution is 2.19. The van der Waals surface area contributed by atoms with Crippen LogP contribution in [0.3, 0.4) is 0 Å². The Bertz CT molecular complexity index is 275. The van der Waals surface area contributed by atoms with E-state index in [0.29, 0.717) is 5.02 Å². The van der Waals surface area contributed by atoms with Gasteiger partial charge in [-0.1, -0.05) is 11.6 Å².